The number of rotatable bonds is 2. The number of benzene rings is 1. The van der Waals surface area contributed by atoms with Gasteiger partial charge in [0.25, 0.3) is 5.56 Å². The zero-order valence-corrected chi connectivity index (χ0v) is 9.95. The number of alkyl halides is 3. The number of aliphatic hydroxyl groups is 1. The maximum atomic E-state index is 12.6. The molecule has 0 spiro atoms. The van der Waals surface area contributed by atoms with E-state index in [0.717, 1.165) is 16.8 Å². The zero-order valence-electron chi connectivity index (χ0n) is 9.95. The standard InChI is InChI=1S/C12H11F3N2O2/c1-7-10(6-18)11(19)17(16-7)9-4-2-3-8(5-9)12(13,14)15/h2-5,16,18H,6H2,1H3. The van der Waals surface area contributed by atoms with Crippen LogP contribution in [-0.2, 0) is 12.8 Å². The van der Waals surface area contributed by atoms with Gasteiger partial charge in [0, 0.05) is 5.69 Å². The Balaban J connectivity index is 2.57. The van der Waals surface area contributed by atoms with E-state index in [-0.39, 0.29) is 11.3 Å². The summed E-state index contributed by atoms with van der Waals surface area (Å²) in [5, 5.41) is 11.7. The van der Waals surface area contributed by atoms with Crippen LogP contribution in [-0.4, -0.2) is 14.9 Å². The minimum absolute atomic E-state index is 0.0719. The van der Waals surface area contributed by atoms with Gasteiger partial charge in [-0.25, -0.2) is 4.68 Å². The fourth-order valence-electron chi connectivity index (χ4n) is 1.77. The largest absolute Gasteiger partial charge is 0.416 e. The molecule has 102 valence electrons. The second-order valence-corrected chi connectivity index (χ2v) is 4.06. The minimum atomic E-state index is -4.47. The zero-order chi connectivity index (χ0) is 14.2. The smallest absolute Gasteiger partial charge is 0.391 e. The summed E-state index contributed by atoms with van der Waals surface area (Å²) >= 11 is 0. The maximum Gasteiger partial charge on any atom is 0.416 e. The van der Waals surface area contributed by atoms with Crippen molar-refractivity contribution < 1.29 is 18.3 Å². The summed E-state index contributed by atoms with van der Waals surface area (Å²) in [5.41, 5.74) is -0.765. The van der Waals surface area contributed by atoms with Crippen LogP contribution < -0.4 is 5.56 Å². The Morgan fingerprint density at radius 1 is 1.37 bits per heavy atom. The summed E-state index contributed by atoms with van der Waals surface area (Å²) in [6.07, 6.45) is -4.47. The lowest BCUT2D eigenvalue weighted by molar-refractivity contribution is -0.137. The molecule has 0 unspecified atom stereocenters. The fraction of sp³-hybridized carbons (Fsp3) is 0.250. The van der Waals surface area contributed by atoms with E-state index >= 15 is 0 Å². The van der Waals surface area contributed by atoms with E-state index in [1.165, 1.54) is 12.1 Å². The third-order valence-corrected chi connectivity index (χ3v) is 2.78. The van der Waals surface area contributed by atoms with Crippen LogP contribution in [0.5, 0.6) is 0 Å². The van der Waals surface area contributed by atoms with Gasteiger partial charge in [-0.05, 0) is 25.1 Å². The Morgan fingerprint density at radius 3 is 2.58 bits per heavy atom. The Morgan fingerprint density at radius 2 is 2.05 bits per heavy atom. The molecule has 0 aliphatic heterocycles. The van der Waals surface area contributed by atoms with Gasteiger partial charge < -0.3 is 5.11 Å². The van der Waals surface area contributed by atoms with Crippen molar-refractivity contribution in [1.82, 2.24) is 9.78 Å². The molecule has 1 aromatic carbocycles. The molecule has 0 aliphatic rings. The third kappa shape index (κ3) is 2.41. The van der Waals surface area contributed by atoms with Crippen LogP contribution in [0.1, 0.15) is 16.8 Å². The number of nitrogens with zero attached hydrogens (tertiary/aromatic N) is 1. The first-order chi connectivity index (χ1) is 8.84. The highest BCUT2D eigenvalue weighted by atomic mass is 19.4. The lowest BCUT2D eigenvalue weighted by atomic mass is 10.2. The summed E-state index contributed by atoms with van der Waals surface area (Å²) in [5.74, 6) is 0. The molecular weight excluding hydrogens is 261 g/mol. The van der Waals surface area contributed by atoms with Crippen molar-refractivity contribution >= 4 is 0 Å². The van der Waals surface area contributed by atoms with Crippen LogP contribution >= 0.6 is 0 Å². The van der Waals surface area contributed by atoms with Gasteiger partial charge in [0.1, 0.15) is 0 Å². The van der Waals surface area contributed by atoms with E-state index in [1.54, 1.807) is 6.92 Å². The topological polar surface area (TPSA) is 58.0 Å². The summed E-state index contributed by atoms with van der Waals surface area (Å²) in [7, 11) is 0. The number of aryl methyl sites for hydroxylation is 1. The molecule has 0 aliphatic carbocycles. The number of halogens is 3. The molecule has 2 aromatic rings. The first kappa shape index (κ1) is 13.4. The van der Waals surface area contributed by atoms with Crippen molar-refractivity contribution in [3.8, 4) is 5.69 Å². The number of aromatic amines is 1. The molecule has 1 aromatic heterocycles. The lowest BCUT2D eigenvalue weighted by Crippen LogP contribution is -2.18. The quantitative estimate of drug-likeness (QED) is 0.878. The van der Waals surface area contributed by atoms with Gasteiger partial charge in [0.15, 0.2) is 0 Å². The van der Waals surface area contributed by atoms with Gasteiger partial charge in [0.05, 0.1) is 23.4 Å². The van der Waals surface area contributed by atoms with Crippen LogP contribution in [0.2, 0.25) is 0 Å². The summed E-state index contributed by atoms with van der Waals surface area (Å²) < 4.78 is 38.8. The van der Waals surface area contributed by atoms with Crippen LogP contribution in [0.25, 0.3) is 5.69 Å². The number of H-pyrrole nitrogens is 1. The van der Waals surface area contributed by atoms with E-state index in [1.807, 2.05) is 0 Å². The maximum absolute atomic E-state index is 12.6. The molecule has 2 rings (SSSR count). The monoisotopic (exact) mass is 272 g/mol. The first-order valence-electron chi connectivity index (χ1n) is 5.43. The predicted molar refractivity (Wildman–Crippen MR) is 62.1 cm³/mol. The van der Waals surface area contributed by atoms with Crippen LogP contribution in [0.15, 0.2) is 29.1 Å². The van der Waals surface area contributed by atoms with Crippen LogP contribution in [0.3, 0.4) is 0 Å². The highest BCUT2D eigenvalue weighted by molar-refractivity contribution is 5.37. The SMILES string of the molecule is Cc1[nH]n(-c2cccc(C(F)(F)F)c2)c(=O)c1CO. The van der Waals surface area contributed by atoms with Gasteiger partial charge >= 0.3 is 6.18 Å². The molecule has 19 heavy (non-hydrogen) atoms. The molecule has 0 bridgehead atoms. The second-order valence-electron chi connectivity index (χ2n) is 4.06. The molecule has 4 nitrogen and oxygen atoms in total. The number of aromatic nitrogens is 2. The van der Waals surface area contributed by atoms with Gasteiger partial charge in [-0.2, -0.15) is 13.2 Å². The Hall–Kier alpha value is -2.02. The molecule has 2 N–H and O–H groups in total. The summed E-state index contributed by atoms with van der Waals surface area (Å²) in [4.78, 5) is 11.9. The average Bonchev–Trinajstić information content (AvgIpc) is 2.63. The van der Waals surface area contributed by atoms with Crippen molar-refractivity contribution in [2.24, 2.45) is 0 Å². The molecule has 0 radical (unpaired) electrons. The van der Waals surface area contributed by atoms with E-state index in [9.17, 15) is 18.0 Å². The average molecular weight is 272 g/mol. The second kappa shape index (κ2) is 4.58. The predicted octanol–water partition coefficient (Wildman–Crippen LogP) is 1.99. The first-order valence-corrected chi connectivity index (χ1v) is 5.43. The molecular formula is C12H11F3N2O2. The summed E-state index contributed by atoms with van der Waals surface area (Å²) in [6, 6.07) is 4.41. The van der Waals surface area contributed by atoms with Crippen LogP contribution in [0.4, 0.5) is 13.2 Å². The van der Waals surface area contributed by atoms with Crippen molar-refractivity contribution in [1.29, 1.82) is 0 Å². The molecule has 0 atom stereocenters. The molecule has 1 heterocycles. The number of hydrogen-bond acceptors (Lipinski definition) is 2. The Labute approximate surface area is 106 Å². The molecule has 0 saturated carbocycles. The third-order valence-electron chi connectivity index (χ3n) is 2.78. The highest BCUT2D eigenvalue weighted by Crippen LogP contribution is 2.30. The van der Waals surface area contributed by atoms with E-state index in [2.05, 4.69) is 5.10 Å². The van der Waals surface area contributed by atoms with Gasteiger partial charge in [-0.3, -0.25) is 9.89 Å². The van der Waals surface area contributed by atoms with Gasteiger partial charge in [0.2, 0.25) is 0 Å². The number of aliphatic hydroxyl groups excluding tert-OH is 1. The molecule has 0 fully saturated rings. The normalized spacial score (nSPS) is 11.8. The summed E-state index contributed by atoms with van der Waals surface area (Å²) in [6.45, 7) is 1.10. The molecule has 0 amide bonds. The number of nitrogens with one attached hydrogen (secondary N) is 1. The van der Waals surface area contributed by atoms with Crippen LogP contribution in [0, 0.1) is 6.92 Å². The van der Waals surface area contributed by atoms with Crippen molar-refractivity contribution in [3.63, 3.8) is 0 Å². The number of hydrogen-bond donors (Lipinski definition) is 2. The Bertz CT molecular complexity index is 656. The van der Waals surface area contributed by atoms with Crippen molar-refractivity contribution in [3.05, 3.63) is 51.4 Å². The lowest BCUT2D eigenvalue weighted by Gasteiger charge is -2.08. The van der Waals surface area contributed by atoms with E-state index in [0.29, 0.717) is 5.69 Å². The molecule has 7 heteroatoms. The van der Waals surface area contributed by atoms with E-state index in [4.69, 9.17) is 5.11 Å². The van der Waals surface area contributed by atoms with Crippen molar-refractivity contribution in [2.75, 3.05) is 0 Å². The van der Waals surface area contributed by atoms with Gasteiger partial charge in [-0.15, -0.1) is 0 Å². The molecule has 0 saturated heterocycles. The minimum Gasteiger partial charge on any atom is -0.391 e. The van der Waals surface area contributed by atoms with Gasteiger partial charge in [-0.1, -0.05) is 6.07 Å². The van der Waals surface area contributed by atoms with Crippen molar-refractivity contribution in [2.45, 2.75) is 19.7 Å². The van der Waals surface area contributed by atoms with E-state index < -0.39 is 23.9 Å². The fourth-order valence-corrected chi connectivity index (χ4v) is 1.77. The Kier molecular flexibility index (Phi) is 3.23. The highest BCUT2D eigenvalue weighted by Gasteiger charge is 2.30.